The van der Waals surface area contributed by atoms with Crippen LogP contribution < -0.4 is 21.1 Å². The van der Waals surface area contributed by atoms with Gasteiger partial charge in [-0.2, -0.15) is 0 Å². The van der Waals surface area contributed by atoms with Crippen LogP contribution in [0.2, 0.25) is 0 Å². The van der Waals surface area contributed by atoms with E-state index in [9.17, 15) is 0 Å². The molecule has 0 atom stereocenters. The van der Waals surface area contributed by atoms with Gasteiger partial charge in [0, 0.05) is 16.5 Å². The number of anilines is 2. The SMILES string of the molecule is C/C=C\C=C/C.C=c1cc(C2=CCCC=C2)cc2c1=C(/C=C\N)N(c1cccc(-c3cccc(-c4ccc5c6ccccc6c6ccccc6c5c4)c3)c1)c1ccccc1-2.CC.c1ccccc1. The van der Waals surface area contributed by atoms with Gasteiger partial charge in [-0.15, -0.1) is 0 Å². The maximum atomic E-state index is 6.19. The van der Waals surface area contributed by atoms with Gasteiger partial charge in [0.25, 0.3) is 0 Å². The van der Waals surface area contributed by atoms with E-state index < -0.39 is 0 Å². The monoisotopic (exact) mass is 880 g/mol. The molecule has 0 amide bonds. The molecule has 0 bridgehead atoms. The van der Waals surface area contributed by atoms with Crippen LogP contribution in [0.1, 0.15) is 46.1 Å². The molecule has 0 radical (unpaired) electrons. The van der Waals surface area contributed by atoms with Crippen molar-refractivity contribution in [3.8, 4) is 33.4 Å². The van der Waals surface area contributed by atoms with Crippen LogP contribution in [0.3, 0.4) is 0 Å². The van der Waals surface area contributed by atoms with Crippen LogP contribution in [0.4, 0.5) is 11.4 Å². The van der Waals surface area contributed by atoms with Crippen LogP contribution in [-0.4, -0.2) is 0 Å². The first-order chi connectivity index (χ1) is 33.6. The lowest BCUT2D eigenvalue weighted by atomic mass is 9.89. The fourth-order valence-corrected chi connectivity index (χ4v) is 9.27. The van der Waals surface area contributed by atoms with Crippen LogP contribution >= 0.6 is 0 Å². The third-order valence-electron chi connectivity index (χ3n) is 12.3. The molecule has 0 fully saturated rings. The molecule has 9 aromatic carbocycles. The molecule has 2 nitrogen and oxygen atoms in total. The van der Waals surface area contributed by atoms with Gasteiger partial charge in [0.2, 0.25) is 0 Å². The van der Waals surface area contributed by atoms with Crippen molar-refractivity contribution in [2.24, 2.45) is 5.73 Å². The molecule has 334 valence electrons. The summed E-state index contributed by atoms with van der Waals surface area (Å²) < 4.78 is 0. The zero-order valence-electron chi connectivity index (χ0n) is 39.7. The van der Waals surface area contributed by atoms with Crippen LogP contribution in [-0.2, 0) is 0 Å². The third-order valence-corrected chi connectivity index (χ3v) is 12.3. The molecule has 11 rings (SSSR count). The van der Waals surface area contributed by atoms with Crippen molar-refractivity contribution in [3.63, 3.8) is 0 Å². The third kappa shape index (κ3) is 9.82. The lowest BCUT2D eigenvalue weighted by Crippen LogP contribution is -2.37. The average molecular weight is 881 g/mol. The number of hydrogen-bond donors (Lipinski definition) is 1. The number of benzene rings is 9. The number of allylic oxidation sites excluding steroid dienone is 8. The Bertz CT molecular complexity index is 3400. The molecule has 1 heterocycles. The Labute approximate surface area is 403 Å². The summed E-state index contributed by atoms with van der Waals surface area (Å²) in [6, 6.07) is 67.4. The largest absolute Gasteiger partial charge is 0.405 e. The van der Waals surface area contributed by atoms with Gasteiger partial charge in [-0.3, -0.25) is 0 Å². The van der Waals surface area contributed by atoms with E-state index in [1.807, 2.05) is 94.5 Å². The molecule has 1 aliphatic carbocycles. The van der Waals surface area contributed by atoms with Crippen LogP contribution in [0.5, 0.6) is 0 Å². The molecule has 0 unspecified atom stereocenters. The Morgan fingerprint density at radius 3 is 1.62 bits per heavy atom. The number of nitrogens with two attached hydrogens (primary N) is 1. The minimum Gasteiger partial charge on any atom is -0.405 e. The minimum absolute atomic E-state index is 0.981. The molecule has 0 saturated carbocycles. The Balaban J connectivity index is 0.000000391. The molecule has 68 heavy (non-hydrogen) atoms. The zero-order valence-corrected chi connectivity index (χ0v) is 39.7. The number of rotatable bonds is 6. The Morgan fingerprint density at radius 2 is 1.03 bits per heavy atom. The summed E-state index contributed by atoms with van der Waals surface area (Å²) in [6.45, 7) is 12.6. The maximum absolute atomic E-state index is 6.19. The lowest BCUT2D eigenvalue weighted by Gasteiger charge is -2.33. The predicted octanol–water partition coefficient (Wildman–Crippen LogP) is 16.9. The molecular weight excluding hydrogens is 821 g/mol. The first-order valence-electron chi connectivity index (χ1n) is 23.9. The Morgan fingerprint density at radius 1 is 0.485 bits per heavy atom. The number of nitrogens with zero attached hydrogens (tertiary/aromatic N) is 1. The molecule has 0 saturated heterocycles. The Hall–Kier alpha value is -8.20. The Kier molecular flexibility index (Phi) is 15.2. The van der Waals surface area contributed by atoms with Gasteiger partial charge in [0.15, 0.2) is 0 Å². The van der Waals surface area contributed by atoms with E-state index in [2.05, 4.69) is 181 Å². The smallest absolute Gasteiger partial charge is 0.0560 e. The normalized spacial score (nSPS) is 12.8. The molecule has 2 aliphatic rings. The van der Waals surface area contributed by atoms with Crippen molar-refractivity contribution in [2.45, 2.75) is 40.5 Å². The van der Waals surface area contributed by atoms with Gasteiger partial charge in [0.05, 0.1) is 11.4 Å². The fraction of sp³-hybridized carbons (Fsp3) is 0.0909. The molecule has 0 aromatic heterocycles. The first kappa shape index (κ1) is 46.3. The van der Waals surface area contributed by atoms with Crippen LogP contribution in [0.15, 0.2) is 243 Å². The second kappa shape index (κ2) is 22.3. The topological polar surface area (TPSA) is 29.3 Å². The number of para-hydroxylation sites is 1. The van der Waals surface area contributed by atoms with Gasteiger partial charge in [-0.1, -0.05) is 209 Å². The average Bonchev–Trinajstić information content (AvgIpc) is 3.42. The molecule has 9 aromatic rings. The highest BCUT2D eigenvalue weighted by molar-refractivity contribution is 6.25. The molecule has 1 aliphatic heterocycles. The second-order valence-electron chi connectivity index (χ2n) is 16.5. The summed E-state index contributed by atoms with van der Waals surface area (Å²) in [7, 11) is 0. The molecule has 2 heteroatoms. The highest BCUT2D eigenvalue weighted by atomic mass is 15.2. The highest BCUT2D eigenvalue weighted by Gasteiger charge is 2.25. The summed E-state index contributed by atoms with van der Waals surface area (Å²) in [5.74, 6) is 0. The second-order valence-corrected chi connectivity index (χ2v) is 16.5. The molecule has 2 N–H and O–H groups in total. The summed E-state index contributed by atoms with van der Waals surface area (Å²) in [6.07, 6.45) is 20.6. The van der Waals surface area contributed by atoms with Gasteiger partial charge in [-0.05, 0) is 158 Å². The molecule has 0 spiro atoms. The predicted molar refractivity (Wildman–Crippen MR) is 299 cm³/mol. The van der Waals surface area contributed by atoms with E-state index in [1.54, 1.807) is 6.20 Å². The summed E-state index contributed by atoms with van der Waals surface area (Å²) in [4.78, 5) is 2.33. The van der Waals surface area contributed by atoms with Crippen LogP contribution in [0.25, 0.3) is 83.5 Å². The van der Waals surface area contributed by atoms with Gasteiger partial charge >= 0.3 is 0 Å². The number of hydrogen-bond acceptors (Lipinski definition) is 2. The highest BCUT2D eigenvalue weighted by Crippen LogP contribution is 2.43. The van der Waals surface area contributed by atoms with E-state index in [0.29, 0.717) is 0 Å². The van der Waals surface area contributed by atoms with Crippen molar-refractivity contribution >= 4 is 61.5 Å². The van der Waals surface area contributed by atoms with Crippen LogP contribution in [0, 0.1) is 0 Å². The summed E-state index contributed by atoms with van der Waals surface area (Å²) in [5, 5.41) is 9.79. The minimum atomic E-state index is 0.981. The molecular formula is C66H60N2. The lowest BCUT2D eigenvalue weighted by molar-refractivity contribution is 1.04. The van der Waals surface area contributed by atoms with E-state index in [4.69, 9.17) is 5.73 Å². The van der Waals surface area contributed by atoms with Crippen molar-refractivity contribution in [2.75, 3.05) is 4.90 Å². The summed E-state index contributed by atoms with van der Waals surface area (Å²) in [5.41, 5.74) is 18.9. The fourth-order valence-electron chi connectivity index (χ4n) is 9.27. The quantitative estimate of drug-likeness (QED) is 0.133. The van der Waals surface area contributed by atoms with E-state index in [0.717, 1.165) is 51.5 Å². The van der Waals surface area contributed by atoms with Gasteiger partial charge < -0.3 is 10.6 Å². The van der Waals surface area contributed by atoms with E-state index >= 15 is 0 Å². The van der Waals surface area contributed by atoms with Gasteiger partial charge in [0.1, 0.15) is 0 Å². The van der Waals surface area contributed by atoms with Crippen molar-refractivity contribution in [1.82, 2.24) is 0 Å². The van der Waals surface area contributed by atoms with Crippen molar-refractivity contribution < 1.29 is 0 Å². The number of fused-ring (bicyclic) bond motifs is 9. The van der Waals surface area contributed by atoms with E-state index in [-0.39, 0.29) is 0 Å². The van der Waals surface area contributed by atoms with Gasteiger partial charge in [-0.25, -0.2) is 0 Å². The van der Waals surface area contributed by atoms with E-state index in [1.165, 1.54) is 65.7 Å². The summed E-state index contributed by atoms with van der Waals surface area (Å²) >= 11 is 0. The van der Waals surface area contributed by atoms with Crippen molar-refractivity contribution in [3.05, 3.63) is 259 Å². The standard InChI is InChI=1S/C52H38N2.C6H6.C6H10.C2H6/c1-34-29-40(35-13-3-2-4-14-35)33-49-47-23-9-10-24-50(47)54(51(27-28-53)52(34)49)41-18-12-17-38(31-41)36-15-11-16-37(30-36)39-25-26-46-44-21-6-5-19-42(44)43-20-7-8-22-45(43)48(46)32-39;1-2-4-6-5-3-1;1-3-5-6-4-2;1-2/h3,5-33H,1-2,4,53H2;1-6H;3-6H,1-2H3;1-2H3/b28-27-;;5-3-,6-4-;. The van der Waals surface area contributed by atoms with Crippen molar-refractivity contribution in [1.29, 1.82) is 0 Å². The first-order valence-corrected chi connectivity index (χ1v) is 23.9. The maximum Gasteiger partial charge on any atom is 0.0560 e. The zero-order chi connectivity index (χ0) is 47.2.